The highest BCUT2D eigenvalue weighted by Crippen LogP contribution is 2.36. The molecule has 0 aliphatic carbocycles. The smallest absolute Gasteiger partial charge is 0.268 e. The largest absolute Gasteiger partial charge is 0.493 e. The number of nitrogens with one attached hydrogen (secondary N) is 1. The molecule has 1 amide bonds. The standard InChI is InChI=1S/C15H15N5O3/c1-22-11-5-3-4-9(12(11)23-2)18-14-15-19-10(13(16)21)8-20(15)7-6-17-14/h3-8H,1-2H3,(H2,16,21)(H,17,18). The minimum absolute atomic E-state index is 0.165. The molecule has 0 saturated heterocycles. The fourth-order valence-corrected chi connectivity index (χ4v) is 2.24. The number of fused-ring (bicyclic) bond motifs is 1. The van der Waals surface area contributed by atoms with E-state index >= 15 is 0 Å². The molecule has 0 spiro atoms. The van der Waals surface area contributed by atoms with Crippen LogP contribution >= 0.6 is 0 Å². The van der Waals surface area contributed by atoms with E-state index in [2.05, 4.69) is 15.3 Å². The second-order valence-corrected chi connectivity index (χ2v) is 4.66. The van der Waals surface area contributed by atoms with E-state index < -0.39 is 5.91 Å². The average Bonchev–Trinajstić information content (AvgIpc) is 3.00. The number of hydrogen-bond donors (Lipinski definition) is 2. The summed E-state index contributed by atoms with van der Waals surface area (Å²) in [6, 6.07) is 5.44. The summed E-state index contributed by atoms with van der Waals surface area (Å²) in [5, 5.41) is 3.14. The molecule has 8 nitrogen and oxygen atoms in total. The van der Waals surface area contributed by atoms with Gasteiger partial charge in [0.2, 0.25) is 0 Å². The molecule has 118 valence electrons. The van der Waals surface area contributed by atoms with Crippen molar-refractivity contribution in [1.29, 1.82) is 0 Å². The molecule has 23 heavy (non-hydrogen) atoms. The van der Waals surface area contributed by atoms with Crippen LogP contribution in [0.1, 0.15) is 10.5 Å². The van der Waals surface area contributed by atoms with Gasteiger partial charge in [0.15, 0.2) is 23.0 Å². The van der Waals surface area contributed by atoms with Crippen LogP contribution in [0, 0.1) is 0 Å². The zero-order valence-electron chi connectivity index (χ0n) is 12.6. The first kappa shape index (κ1) is 14.6. The van der Waals surface area contributed by atoms with Gasteiger partial charge < -0.3 is 24.9 Å². The van der Waals surface area contributed by atoms with Crippen molar-refractivity contribution < 1.29 is 14.3 Å². The van der Waals surface area contributed by atoms with Gasteiger partial charge in [0.1, 0.15) is 5.69 Å². The van der Waals surface area contributed by atoms with Gasteiger partial charge in [-0.15, -0.1) is 0 Å². The summed E-state index contributed by atoms with van der Waals surface area (Å²) < 4.78 is 12.3. The number of benzene rings is 1. The van der Waals surface area contributed by atoms with Gasteiger partial charge in [0.05, 0.1) is 19.9 Å². The van der Waals surface area contributed by atoms with Crippen molar-refractivity contribution in [2.45, 2.75) is 0 Å². The van der Waals surface area contributed by atoms with Gasteiger partial charge in [-0.3, -0.25) is 4.79 Å². The Balaban J connectivity index is 2.07. The van der Waals surface area contributed by atoms with E-state index in [1.54, 1.807) is 43.3 Å². The number of aromatic nitrogens is 3. The highest BCUT2D eigenvalue weighted by Gasteiger charge is 2.14. The number of para-hydroxylation sites is 1. The maximum atomic E-state index is 11.3. The lowest BCUT2D eigenvalue weighted by molar-refractivity contribution is 0.0996. The molecule has 0 fully saturated rings. The number of anilines is 2. The molecule has 0 unspecified atom stereocenters. The molecule has 3 aromatic rings. The number of imidazole rings is 1. The van der Waals surface area contributed by atoms with Crippen molar-refractivity contribution in [2.24, 2.45) is 5.73 Å². The molecular weight excluding hydrogens is 298 g/mol. The predicted molar refractivity (Wildman–Crippen MR) is 84.3 cm³/mol. The summed E-state index contributed by atoms with van der Waals surface area (Å²) in [6.07, 6.45) is 4.82. The first-order chi connectivity index (χ1) is 11.1. The van der Waals surface area contributed by atoms with Gasteiger partial charge in [0, 0.05) is 18.6 Å². The van der Waals surface area contributed by atoms with E-state index in [-0.39, 0.29) is 5.69 Å². The lowest BCUT2D eigenvalue weighted by Crippen LogP contribution is -2.10. The van der Waals surface area contributed by atoms with Gasteiger partial charge in [-0.2, -0.15) is 0 Å². The number of rotatable bonds is 5. The number of nitrogens with two attached hydrogens (primary N) is 1. The fourth-order valence-electron chi connectivity index (χ4n) is 2.24. The normalized spacial score (nSPS) is 10.5. The monoisotopic (exact) mass is 313 g/mol. The molecule has 0 saturated carbocycles. The van der Waals surface area contributed by atoms with Crippen LogP contribution in [-0.2, 0) is 0 Å². The Morgan fingerprint density at radius 2 is 2.13 bits per heavy atom. The van der Waals surface area contributed by atoms with Crippen LogP contribution < -0.4 is 20.5 Å². The Morgan fingerprint density at radius 1 is 1.30 bits per heavy atom. The third kappa shape index (κ3) is 2.61. The van der Waals surface area contributed by atoms with Gasteiger partial charge in [-0.05, 0) is 12.1 Å². The third-order valence-electron chi connectivity index (χ3n) is 3.28. The van der Waals surface area contributed by atoms with Crippen molar-refractivity contribution in [3.63, 3.8) is 0 Å². The molecule has 0 aliphatic rings. The Labute approximate surface area is 131 Å². The van der Waals surface area contributed by atoms with Gasteiger partial charge in [0.25, 0.3) is 5.91 Å². The molecule has 2 heterocycles. The molecule has 1 aromatic carbocycles. The maximum absolute atomic E-state index is 11.3. The molecule has 0 bridgehead atoms. The highest BCUT2D eigenvalue weighted by molar-refractivity contribution is 5.92. The number of ether oxygens (including phenoxy) is 2. The lowest BCUT2D eigenvalue weighted by Gasteiger charge is -2.13. The quantitative estimate of drug-likeness (QED) is 0.741. The van der Waals surface area contributed by atoms with Crippen LogP contribution in [-0.4, -0.2) is 34.5 Å². The van der Waals surface area contributed by atoms with E-state index in [1.165, 1.54) is 0 Å². The number of carbonyl (C=O) groups excluding carboxylic acids is 1. The number of nitrogens with zero attached hydrogens (tertiary/aromatic N) is 3. The molecular formula is C15H15N5O3. The Hall–Kier alpha value is -3.29. The van der Waals surface area contributed by atoms with E-state index in [9.17, 15) is 4.79 Å². The summed E-state index contributed by atoms with van der Waals surface area (Å²) in [6.45, 7) is 0. The molecule has 0 radical (unpaired) electrons. The predicted octanol–water partition coefficient (Wildman–Crippen LogP) is 1.59. The van der Waals surface area contributed by atoms with Crippen LogP contribution in [0.15, 0.2) is 36.8 Å². The van der Waals surface area contributed by atoms with Crippen molar-refractivity contribution >= 4 is 23.1 Å². The molecule has 0 aliphatic heterocycles. The number of amides is 1. The van der Waals surface area contributed by atoms with Gasteiger partial charge >= 0.3 is 0 Å². The fraction of sp³-hybridized carbons (Fsp3) is 0.133. The molecule has 2 aromatic heterocycles. The van der Waals surface area contributed by atoms with E-state index in [0.717, 1.165) is 0 Å². The third-order valence-corrected chi connectivity index (χ3v) is 3.28. The van der Waals surface area contributed by atoms with Crippen molar-refractivity contribution in [2.75, 3.05) is 19.5 Å². The number of primary amides is 1. The molecule has 8 heteroatoms. The molecule has 3 N–H and O–H groups in total. The second kappa shape index (κ2) is 5.84. The molecule has 0 atom stereocenters. The van der Waals surface area contributed by atoms with E-state index in [4.69, 9.17) is 15.2 Å². The summed E-state index contributed by atoms with van der Waals surface area (Å²) >= 11 is 0. The first-order valence-corrected chi connectivity index (χ1v) is 6.75. The number of hydrogen-bond acceptors (Lipinski definition) is 6. The van der Waals surface area contributed by atoms with E-state index in [0.29, 0.717) is 28.7 Å². The lowest BCUT2D eigenvalue weighted by atomic mass is 10.2. The topological polar surface area (TPSA) is 104 Å². The summed E-state index contributed by atoms with van der Waals surface area (Å²) in [5.41, 5.74) is 6.58. The minimum atomic E-state index is -0.599. The van der Waals surface area contributed by atoms with Crippen LogP contribution in [0.4, 0.5) is 11.5 Å². The van der Waals surface area contributed by atoms with Crippen molar-refractivity contribution in [1.82, 2.24) is 14.4 Å². The van der Waals surface area contributed by atoms with Crippen molar-refractivity contribution in [3.05, 3.63) is 42.5 Å². The SMILES string of the molecule is COc1cccc(Nc2nccn3cc(C(N)=O)nc23)c1OC. The second-order valence-electron chi connectivity index (χ2n) is 4.66. The maximum Gasteiger partial charge on any atom is 0.268 e. The van der Waals surface area contributed by atoms with E-state index in [1.807, 2.05) is 12.1 Å². The van der Waals surface area contributed by atoms with Gasteiger partial charge in [-0.1, -0.05) is 6.07 Å². The van der Waals surface area contributed by atoms with Crippen LogP contribution in [0.3, 0.4) is 0 Å². The van der Waals surface area contributed by atoms with Gasteiger partial charge in [-0.25, -0.2) is 9.97 Å². The number of methoxy groups -OCH3 is 2. The minimum Gasteiger partial charge on any atom is -0.493 e. The first-order valence-electron chi connectivity index (χ1n) is 6.75. The zero-order valence-corrected chi connectivity index (χ0v) is 12.6. The summed E-state index contributed by atoms with van der Waals surface area (Å²) in [4.78, 5) is 19.8. The Morgan fingerprint density at radius 3 is 2.83 bits per heavy atom. The Kier molecular flexibility index (Phi) is 3.71. The Bertz CT molecular complexity index is 875. The summed E-state index contributed by atoms with van der Waals surface area (Å²) in [7, 11) is 3.12. The highest BCUT2D eigenvalue weighted by atomic mass is 16.5. The average molecular weight is 313 g/mol. The van der Waals surface area contributed by atoms with Crippen LogP contribution in [0.5, 0.6) is 11.5 Å². The number of carbonyl (C=O) groups is 1. The van der Waals surface area contributed by atoms with Crippen LogP contribution in [0.25, 0.3) is 5.65 Å². The molecule has 3 rings (SSSR count). The van der Waals surface area contributed by atoms with Crippen LogP contribution in [0.2, 0.25) is 0 Å². The summed E-state index contributed by atoms with van der Waals surface area (Å²) in [5.74, 6) is 0.997. The van der Waals surface area contributed by atoms with Crippen molar-refractivity contribution in [3.8, 4) is 11.5 Å². The zero-order chi connectivity index (χ0) is 16.4.